The molecule has 6 heteroatoms. The maximum Gasteiger partial charge on any atom is 0.170 e. The van der Waals surface area contributed by atoms with Crippen molar-refractivity contribution in [3.8, 4) is 0 Å². The minimum absolute atomic E-state index is 0.0173. The zero-order chi connectivity index (χ0) is 18.8. The highest BCUT2D eigenvalue weighted by Gasteiger charge is 2.42. The molecule has 27 heavy (non-hydrogen) atoms. The number of hydrogen-bond donors (Lipinski definition) is 1. The van der Waals surface area contributed by atoms with Gasteiger partial charge < -0.3 is 14.8 Å². The van der Waals surface area contributed by atoms with E-state index >= 15 is 0 Å². The van der Waals surface area contributed by atoms with Crippen LogP contribution in [0.4, 0.5) is 0 Å². The summed E-state index contributed by atoms with van der Waals surface area (Å²) < 4.78 is 2.28. The Hall–Kier alpha value is -2.73. The largest absolute Gasteiger partial charge is 0.352 e. The molecule has 0 bridgehead atoms. The van der Waals surface area contributed by atoms with E-state index in [-0.39, 0.29) is 18.1 Å². The van der Waals surface area contributed by atoms with E-state index in [0.29, 0.717) is 0 Å². The van der Waals surface area contributed by atoms with Crippen LogP contribution in [-0.4, -0.2) is 30.6 Å². The van der Waals surface area contributed by atoms with Gasteiger partial charge in [0, 0.05) is 43.1 Å². The van der Waals surface area contributed by atoms with Crippen LogP contribution < -0.4 is 5.32 Å². The van der Waals surface area contributed by atoms with Crippen molar-refractivity contribution in [3.05, 3.63) is 84.2 Å². The van der Waals surface area contributed by atoms with Gasteiger partial charge in [0.25, 0.3) is 0 Å². The van der Waals surface area contributed by atoms with Crippen LogP contribution in [0.2, 0.25) is 0 Å². The molecule has 0 amide bonds. The molecule has 2 atom stereocenters. The predicted molar refractivity (Wildman–Crippen MR) is 110 cm³/mol. The second-order valence-electron chi connectivity index (χ2n) is 7.05. The lowest BCUT2D eigenvalue weighted by atomic mass is 10.0. The molecule has 0 saturated carbocycles. The fourth-order valence-corrected chi connectivity index (χ4v) is 4.22. The van der Waals surface area contributed by atoms with Crippen molar-refractivity contribution < 1.29 is 0 Å². The number of nitrogens with one attached hydrogen (secondary N) is 1. The van der Waals surface area contributed by atoms with Crippen LogP contribution in [0.1, 0.15) is 42.9 Å². The SMILES string of the molecule is CC(C)N1C(=S)NC(c2ccccn2)C1c1cccn1Cc1cccnc1. The number of aromatic nitrogens is 3. The lowest BCUT2D eigenvalue weighted by Crippen LogP contribution is -2.36. The quantitative estimate of drug-likeness (QED) is 0.687. The molecule has 4 heterocycles. The van der Waals surface area contributed by atoms with Crippen LogP contribution in [0.3, 0.4) is 0 Å². The summed E-state index contributed by atoms with van der Waals surface area (Å²) in [7, 11) is 0. The van der Waals surface area contributed by atoms with Gasteiger partial charge in [-0.05, 0) is 62.0 Å². The standard InChI is InChI=1S/C21H23N5S/c1-15(2)26-20(19(24-21(26)27)17-8-3-4-11-23-17)18-9-6-12-25(18)14-16-7-5-10-22-13-16/h3-13,15,19-20H,14H2,1-2H3,(H,24,27). The molecule has 4 rings (SSSR count). The number of nitrogens with zero attached hydrogens (tertiary/aromatic N) is 4. The molecule has 1 N–H and O–H groups in total. The van der Waals surface area contributed by atoms with Crippen LogP contribution >= 0.6 is 12.2 Å². The Kier molecular flexibility index (Phi) is 4.90. The maximum absolute atomic E-state index is 5.69. The molecule has 1 fully saturated rings. The normalized spacial score (nSPS) is 19.5. The molecule has 0 radical (unpaired) electrons. The van der Waals surface area contributed by atoms with E-state index in [1.807, 2.05) is 30.6 Å². The summed E-state index contributed by atoms with van der Waals surface area (Å²) >= 11 is 5.69. The minimum Gasteiger partial charge on any atom is -0.352 e. The smallest absolute Gasteiger partial charge is 0.170 e. The van der Waals surface area contributed by atoms with Gasteiger partial charge in [-0.2, -0.15) is 0 Å². The van der Waals surface area contributed by atoms with E-state index in [1.54, 1.807) is 6.20 Å². The highest BCUT2D eigenvalue weighted by atomic mass is 32.1. The zero-order valence-electron chi connectivity index (χ0n) is 15.5. The summed E-state index contributed by atoms with van der Waals surface area (Å²) in [4.78, 5) is 11.1. The summed E-state index contributed by atoms with van der Waals surface area (Å²) in [6.07, 6.45) is 7.68. The van der Waals surface area contributed by atoms with E-state index in [4.69, 9.17) is 12.2 Å². The van der Waals surface area contributed by atoms with E-state index in [0.717, 1.165) is 17.4 Å². The first-order chi connectivity index (χ1) is 13.1. The molecule has 3 aromatic heterocycles. The molecule has 1 aliphatic rings. The van der Waals surface area contributed by atoms with Gasteiger partial charge in [-0.25, -0.2) is 0 Å². The van der Waals surface area contributed by atoms with Crippen molar-refractivity contribution in [1.82, 2.24) is 24.8 Å². The lowest BCUT2D eigenvalue weighted by molar-refractivity contribution is 0.259. The van der Waals surface area contributed by atoms with Gasteiger partial charge >= 0.3 is 0 Å². The molecular weight excluding hydrogens is 354 g/mol. The second kappa shape index (κ2) is 7.48. The monoisotopic (exact) mass is 377 g/mol. The van der Waals surface area contributed by atoms with Crippen molar-refractivity contribution in [1.29, 1.82) is 0 Å². The molecule has 2 unspecified atom stereocenters. The summed E-state index contributed by atoms with van der Waals surface area (Å²) in [5.74, 6) is 0. The molecule has 5 nitrogen and oxygen atoms in total. The topological polar surface area (TPSA) is 46.0 Å². The van der Waals surface area contributed by atoms with E-state index in [1.165, 1.54) is 11.3 Å². The molecule has 1 aliphatic heterocycles. The van der Waals surface area contributed by atoms with Crippen molar-refractivity contribution in [2.24, 2.45) is 0 Å². The summed E-state index contributed by atoms with van der Waals surface area (Å²) in [6, 6.07) is 14.8. The van der Waals surface area contributed by atoms with Crippen molar-refractivity contribution in [2.45, 2.75) is 38.5 Å². The highest BCUT2D eigenvalue weighted by molar-refractivity contribution is 7.80. The van der Waals surface area contributed by atoms with Crippen LogP contribution in [0, 0.1) is 0 Å². The average molecular weight is 378 g/mol. The molecule has 0 aliphatic carbocycles. The van der Waals surface area contributed by atoms with E-state index in [9.17, 15) is 0 Å². The Morgan fingerprint density at radius 2 is 2.00 bits per heavy atom. The Balaban J connectivity index is 1.74. The molecule has 3 aromatic rings. The Bertz CT molecular complexity index is 907. The number of pyridine rings is 2. The molecule has 138 valence electrons. The van der Waals surface area contributed by atoms with Gasteiger partial charge in [-0.3, -0.25) is 9.97 Å². The van der Waals surface area contributed by atoms with Crippen LogP contribution in [0.5, 0.6) is 0 Å². The van der Waals surface area contributed by atoms with Gasteiger partial charge in [0.15, 0.2) is 5.11 Å². The summed E-state index contributed by atoms with van der Waals surface area (Å²) in [5, 5.41) is 4.28. The van der Waals surface area contributed by atoms with Gasteiger partial charge in [0.1, 0.15) is 0 Å². The Morgan fingerprint density at radius 3 is 2.70 bits per heavy atom. The van der Waals surface area contributed by atoms with Crippen molar-refractivity contribution >= 4 is 17.3 Å². The second-order valence-corrected chi connectivity index (χ2v) is 7.44. The maximum atomic E-state index is 5.69. The van der Waals surface area contributed by atoms with Gasteiger partial charge in [-0.1, -0.05) is 12.1 Å². The third-order valence-electron chi connectivity index (χ3n) is 4.94. The minimum atomic E-state index is 0.0173. The Labute approximate surface area is 165 Å². The fraction of sp³-hybridized carbons (Fsp3) is 0.286. The van der Waals surface area contributed by atoms with E-state index < -0.39 is 0 Å². The molecular formula is C21H23N5S. The number of thiocarbonyl (C=S) groups is 1. The number of hydrogen-bond acceptors (Lipinski definition) is 3. The van der Waals surface area contributed by atoms with Crippen LogP contribution in [-0.2, 0) is 6.54 Å². The highest BCUT2D eigenvalue weighted by Crippen LogP contribution is 2.39. The first kappa shape index (κ1) is 17.7. The first-order valence-corrected chi connectivity index (χ1v) is 9.59. The zero-order valence-corrected chi connectivity index (χ0v) is 16.3. The summed E-state index contributed by atoms with van der Waals surface area (Å²) in [5.41, 5.74) is 3.40. The van der Waals surface area contributed by atoms with Crippen LogP contribution in [0.25, 0.3) is 0 Å². The molecule has 0 spiro atoms. The van der Waals surface area contributed by atoms with Gasteiger partial charge in [0.05, 0.1) is 17.8 Å². The predicted octanol–water partition coefficient (Wildman–Crippen LogP) is 3.71. The van der Waals surface area contributed by atoms with Gasteiger partial charge in [0.2, 0.25) is 0 Å². The first-order valence-electron chi connectivity index (χ1n) is 9.19. The summed E-state index contributed by atoms with van der Waals surface area (Å²) in [6.45, 7) is 5.13. The fourth-order valence-electron chi connectivity index (χ4n) is 3.77. The van der Waals surface area contributed by atoms with E-state index in [2.05, 4.69) is 69.1 Å². The third-order valence-corrected chi connectivity index (χ3v) is 5.26. The number of rotatable bonds is 5. The Morgan fingerprint density at radius 1 is 1.11 bits per heavy atom. The lowest BCUT2D eigenvalue weighted by Gasteiger charge is -2.31. The molecule has 0 aromatic carbocycles. The van der Waals surface area contributed by atoms with Gasteiger partial charge in [-0.15, -0.1) is 0 Å². The third kappa shape index (κ3) is 3.45. The van der Waals surface area contributed by atoms with Crippen molar-refractivity contribution in [3.63, 3.8) is 0 Å². The van der Waals surface area contributed by atoms with Crippen LogP contribution in [0.15, 0.2) is 67.3 Å². The average Bonchev–Trinajstić information content (AvgIpc) is 3.27. The molecule has 1 saturated heterocycles. The van der Waals surface area contributed by atoms with Crippen molar-refractivity contribution in [2.75, 3.05) is 0 Å².